The number of nitrogens with zero attached hydrogens (tertiary/aromatic N) is 2. The van der Waals surface area contributed by atoms with Crippen LogP contribution in [0.25, 0.3) is 10.9 Å². The summed E-state index contributed by atoms with van der Waals surface area (Å²) in [4.78, 5) is 19.0. The van der Waals surface area contributed by atoms with Crippen LogP contribution in [-0.4, -0.2) is 42.1 Å². The molecule has 5 nitrogen and oxygen atoms in total. The van der Waals surface area contributed by atoms with Crippen LogP contribution in [-0.2, 0) is 9.53 Å². The molecular formula is C22H28N2O3. The minimum absolute atomic E-state index is 0.229. The number of hydrogen-bond donors (Lipinski definition) is 0. The summed E-state index contributed by atoms with van der Waals surface area (Å²) in [5.41, 5.74) is 1.92. The first kappa shape index (κ1) is 18.2. The number of piperidine rings is 3. The standard InChI is InChI=1S/C22H28N2O3/c1-4-15-13-24-10-8-16(15)11-21(24)22(27-14(2)25)18-7-9-23-20-6-5-17(26-3)12-19(18)20/h5-7,9,12,15-16,21-22H,4,8,10-11,13H2,1-3H3/t15-,16-,21+,22-/m0/s1. The Morgan fingerprint density at radius 3 is 2.89 bits per heavy atom. The summed E-state index contributed by atoms with van der Waals surface area (Å²) in [6, 6.07) is 8.10. The van der Waals surface area contributed by atoms with Gasteiger partial charge in [-0.15, -0.1) is 0 Å². The molecule has 2 aromatic rings. The van der Waals surface area contributed by atoms with Crippen molar-refractivity contribution in [3.05, 3.63) is 36.0 Å². The highest BCUT2D eigenvalue weighted by Gasteiger charge is 2.44. The van der Waals surface area contributed by atoms with Crippen molar-refractivity contribution in [3.8, 4) is 5.75 Å². The zero-order valence-electron chi connectivity index (χ0n) is 16.4. The van der Waals surface area contributed by atoms with Crippen LogP contribution >= 0.6 is 0 Å². The number of esters is 1. The van der Waals surface area contributed by atoms with Gasteiger partial charge in [0.2, 0.25) is 0 Å². The Morgan fingerprint density at radius 1 is 1.37 bits per heavy atom. The number of benzene rings is 1. The quantitative estimate of drug-likeness (QED) is 0.748. The van der Waals surface area contributed by atoms with E-state index in [9.17, 15) is 4.79 Å². The number of carbonyl (C=O) groups is 1. The van der Waals surface area contributed by atoms with E-state index in [1.54, 1.807) is 7.11 Å². The first-order chi connectivity index (χ1) is 13.1. The number of rotatable bonds is 5. The van der Waals surface area contributed by atoms with E-state index in [-0.39, 0.29) is 18.1 Å². The Morgan fingerprint density at radius 2 is 2.22 bits per heavy atom. The van der Waals surface area contributed by atoms with E-state index in [0.717, 1.165) is 53.6 Å². The molecule has 0 saturated carbocycles. The molecule has 1 aromatic carbocycles. The average molecular weight is 368 g/mol. The summed E-state index contributed by atoms with van der Waals surface area (Å²) in [5, 5.41) is 0.998. The number of pyridine rings is 1. The third-order valence-electron chi connectivity index (χ3n) is 6.39. The summed E-state index contributed by atoms with van der Waals surface area (Å²) in [6.45, 7) is 5.99. The normalized spacial score (nSPS) is 28.1. The van der Waals surface area contributed by atoms with Crippen LogP contribution in [0.1, 0.15) is 44.8 Å². The van der Waals surface area contributed by atoms with Crippen molar-refractivity contribution in [3.63, 3.8) is 0 Å². The van der Waals surface area contributed by atoms with Crippen LogP contribution in [0.4, 0.5) is 0 Å². The maximum Gasteiger partial charge on any atom is 0.303 e. The molecule has 0 radical (unpaired) electrons. The van der Waals surface area contributed by atoms with E-state index in [4.69, 9.17) is 9.47 Å². The highest BCUT2D eigenvalue weighted by molar-refractivity contribution is 5.84. The Labute approximate surface area is 160 Å². The number of hydrogen-bond acceptors (Lipinski definition) is 5. The van der Waals surface area contributed by atoms with Crippen LogP contribution in [0.5, 0.6) is 5.75 Å². The van der Waals surface area contributed by atoms with Gasteiger partial charge in [0.15, 0.2) is 0 Å². The summed E-state index contributed by atoms with van der Waals surface area (Å²) in [5.74, 6) is 2.05. The van der Waals surface area contributed by atoms with Crippen molar-refractivity contribution in [1.29, 1.82) is 0 Å². The van der Waals surface area contributed by atoms with Crippen molar-refractivity contribution in [2.45, 2.75) is 45.3 Å². The van der Waals surface area contributed by atoms with E-state index >= 15 is 0 Å². The van der Waals surface area contributed by atoms with Crippen LogP contribution in [0, 0.1) is 11.8 Å². The Bertz CT molecular complexity index is 837. The number of carbonyl (C=O) groups excluding carboxylic acids is 1. The van der Waals surface area contributed by atoms with Crippen molar-refractivity contribution in [2.24, 2.45) is 11.8 Å². The maximum atomic E-state index is 12.0. The van der Waals surface area contributed by atoms with Gasteiger partial charge in [0.1, 0.15) is 11.9 Å². The molecule has 0 aliphatic carbocycles. The molecule has 3 aliphatic rings. The lowest BCUT2D eigenvalue weighted by Crippen LogP contribution is -2.55. The maximum absolute atomic E-state index is 12.0. The van der Waals surface area contributed by atoms with Crippen LogP contribution in [0.3, 0.4) is 0 Å². The van der Waals surface area contributed by atoms with Gasteiger partial charge in [-0.3, -0.25) is 14.7 Å². The molecule has 3 fully saturated rings. The molecule has 0 N–H and O–H groups in total. The minimum atomic E-state index is -0.277. The minimum Gasteiger partial charge on any atom is -0.497 e. The SMILES string of the molecule is CC[C@H]1CN2CC[C@H]1C[C@@H]2[C@@H](OC(C)=O)c1ccnc2ccc(OC)cc12. The highest BCUT2D eigenvalue weighted by atomic mass is 16.5. The topological polar surface area (TPSA) is 51.7 Å². The van der Waals surface area contributed by atoms with Crippen molar-refractivity contribution < 1.29 is 14.3 Å². The number of ether oxygens (including phenoxy) is 2. The Hall–Kier alpha value is -2.14. The number of fused-ring (bicyclic) bond motifs is 4. The van der Waals surface area contributed by atoms with Gasteiger partial charge in [0.05, 0.1) is 18.7 Å². The molecule has 144 valence electrons. The molecule has 2 bridgehead atoms. The molecule has 3 aliphatic heterocycles. The summed E-state index contributed by atoms with van der Waals surface area (Å²) < 4.78 is 11.3. The molecule has 5 rings (SSSR count). The zero-order valence-corrected chi connectivity index (χ0v) is 16.4. The zero-order chi connectivity index (χ0) is 19.0. The fourth-order valence-electron chi connectivity index (χ4n) is 5.01. The summed E-state index contributed by atoms with van der Waals surface area (Å²) >= 11 is 0. The van der Waals surface area contributed by atoms with Gasteiger partial charge in [-0.05, 0) is 55.5 Å². The Balaban J connectivity index is 1.75. The van der Waals surface area contributed by atoms with Gasteiger partial charge in [0.25, 0.3) is 0 Å². The predicted molar refractivity (Wildman–Crippen MR) is 105 cm³/mol. The second kappa shape index (κ2) is 7.47. The fraction of sp³-hybridized carbons (Fsp3) is 0.545. The molecule has 4 heterocycles. The molecule has 5 heteroatoms. The van der Waals surface area contributed by atoms with Crippen LogP contribution < -0.4 is 4.74 Å². The van der Waals surface area contributed by atoms with E-state index in [0.29, 0.717) is 0 Å². The average Bonchev–Trinajstić information content (AvgIpc) is 2.71. The lowest BCUT2D eigenvalue weighted by Gasteiger charge is -2.51. The lowest BCUT2D eigenvalue weighted by atomic mass is 9.72. The first-order valence-corrected chi connectivity index (χ1v) is 9.94. The Kier molecular flexibility index (Phi) is 5.04. The second-order valence-corrected chi connectivity index (χ2v) is 7.83. The van der Waals surface area contributed by atoms with Gasteiger partial charge >= 0.3 is 5.97 Å². The predicted octanol–water partition coefficient (Wildman–Crippen LogP) is 3.97. The molecule has 1 unspecified atom stereocenters. The lowest BCUT2D eigenvalue weighted by molar-refractivity contribution is -0.155. The van der Waals surface area contributed by atoms with Crippen molar-refractivity contribution >= 4 is 16.9 Å². The van der Waals surface area contributed by atoms with Gasteiger partial charge in [-0.1, -0.05) is 13.3 Å². The molecule has 27 heavy (non-hydrogen) atoms. The van der Waals surface area contributed by atoms with Crippen molar-refractivity contribution in [2.75, 3.05) is 20.2 Å². The third-order valence-corrected chi connectivity index (χ3v) is 6.39. The molecule has 0 amide bonds. The fourth-order valence-corrected chi connectivity index (χ4v) is 5.01. The van der Waals surface area contributed by atoms with E-state index in [1.165, 1.54) is 19.8 Å². The van der Waals surface area contributed by atoms with Gasteiger partial charge in [-0.2, -0.15) is 0 Å². The highest BCUT2D eigenvalue weighted by Crippen LogP contribution is 2.44. The van der Waals surface area contributed by atoms with Gasteiger partial charge < -0.3 is 9.47 Å². The second-order valence-electron chi connectivity index (χ2n) is 7.83. The molecule has 0 spiro atoms. The largest absolute Gasteiger partial charge is 0.497 e. The first-order valence-electron chi connectivity index (χ1n) is 9.94. The van der Waals surface area contributed by atoms with Gasteiger partial charge in [-0.25, -0.2) is 0 Å². The van der Waals surface area contributed by atoms with Crippen molar-refractivity contribution in [1.82, 2.24) is 9.88 Å². The van der Waals surface area contributed by atoms with E-state index < -0.39 is 0 Å². The molecule has 3 saturated heterocycles. The molecule has 5 atom stereocenters. The monoisotopic (exact) mass is 368 g/mol. The summed E-state index contributed by atoms with van der Waals surface area (Å²) in [6.07, 6.45) is 5.10. The van der Waals surface area contributed by atoms with Crippen LogP contribution in [0.15, 0.2) is 30.5 Å². The summed E-state index contributed by atoms with van der Waals surface area (Å²) in [7, 11) is 1.66. The van der Waals surface area contributed by atoms with Crippen LogP contribution in [0.2, 0.25) is 0 Å². The van der Waals surface area contributed by atoms with E-state index in [2.05, 4.69) is 16.8 Å². The molecular weight excluding hydrogens is 340 g/mol. The smallest absolute Gasteiger partial charge is 0.303 e. The number of methoxy groups -OCH3 is 1. The van der Waals surface area contributed by atoms with E-state index in [1.807, 2.05) is 30.5 Å². The third kappa shape index (κ3) is 3.41. The molecule has 1 aromatic heterocycles. The van der Waals surface area contributed by atoms with Gasteiger partial charge in [0, 0.05) is 30.6 Å². The number of aromatic nitrogens is 1.